The first-order valence-corrected chi connectivity index (χ1v) is 6.91. The molecule has 0 spiro atoms. The summed E-state index contributed by atoms with van der Waals surface area (Å²) in [5, 5.41) is 0. The highest BCUT2D eigenvalue weighted by Gasteiger charge is 2.17. The molecule has 1 saturated heterocycles. The van der Waals surface area contributed by atoms with E-state index in [9.17, 15) is 0 Å². The van der Waals surface area contributed by atoms with Gasteiger partial charge in [0.05, 0.1) is 0 Å². The van der Waals surface area contributed by atoms with E-state index >= 15 is 0 Å². The molecule has 0 aromatic rings. The number of rotatable bonds is 7. The Bertz CT molecular complexity index is 153. The maximum absolute atomic E-state index is 2.65. The Morgan fingerprint density at radius 1 is 1.13 bits per heavy atom. The molecule has 0 radical (unpaired) electrons. The predicted molar refractivity (Wildman–Crippen MR) is 68.1 cm³/mol. The molecule has 0 N–H and O–H groups in total. The van der Waals surface area contributed by atoms with Gasteiger partial charge in [0.15, 0.2) is 0 Å². The van der Waals surface area contributed by atoms with Crippen molar-refractivity contribution in [3.05, 3.63) is 0 Å². The summed E-state index contributed by atoms with van der Waals surface area (Å²) in [5.41, 5.74) is 0. The summed E-state index contributed by atoms with van der Waals surface area (Å²) < 4.78 is 0. The fourth-order valence-corrected chi connectivity index (χ4v) is 2.47. The molecule has 0 saturated carbocycles. The maximum atomic E-state index is 2.65. The van der Waals surface area contributed by atoms with Crippen LogP contribution in [-0.4, -0.2) is 24.5 Å². The molecule has 90 valence electrons. The summed E-state index contributed by atoms with van der Waals surface area (Å²) in [6.45, 7) is 11.1. The Morgan fingerprint density at radius 2 is 1.87 bits per heavy atom. The lowest BCUT2D eigenvalue weighted by Crippen LogP contribution is -2.21. The van der Waals surface area contributed by atoms with Crippen LogP contribution in [0.4, 0.5) is 0 Å². The van der Waals surface area contributed by atoms with Crippen molar-refractivity contribution in [3.8, 4) is 0 Å². The van der Waals surface area contributed by atoms with Crippen LogP contribution < -0.4 is 0 Å². The van der Waals surface area contributed by atoms with Gasteiger partial charge in [-0.1, -0.05) is 46.5 Å². The van der Waals surface area contributed by atoms with E-state index in [1.54, 1.807) is 0 Å². The van der Waals surface area contributed by atoms with Crippen molar-refractivity contribution in [2.75, 3.05) is 19.6 Å². The zero-order chi connectivity index (χ0) is 11.1. The van der Waals surface area contributed by atoms with Gasteiger partial charge >= 0.3 is 0 Å². The molecule has 1 aliphatic heterocycles. The van der Waals surface area contributed by atoms with Crippen molar-refractivity contribution in [2.45, 2.75) is 59.3 Å². The Hall–Kier alpha value is -0.0400. The average Bonchev–Trinajstić information content (AvgIpc) is 2.57. The molecule has 0 amide bonds. The van der Waals surface area contributed by atoms with Crippen LogP contribution >= 0.6 is 0 Å². The van der Waals surface area contributed by atoms with E-state index in [0.717, 1.165) is 11.8 Å². The Kier molecular flexibility index (Phi) is 6.31. The third-order valence-electron chi connectivity index (χ3n) is 3.51. The molecular weight excluding hydrogens is 182 g/mol. The standard InChI is InChI=1S/C14H29N/c1-13(2)8-6-4-5-7-10-15-11-9-14(3)12-15/h13-14H,4-12H2,1-3H3. The fraction of sp³-hybridized carbons (Fsp3) is 1.00. The molecule has 15 heavy (non-hydrogen) atoms. The summed E-state index contributed by atoms with van der Waals surface area (Å²) in [6.07, 6.45) is 8.59. The lowest BCUT2D eigenvalue weighted by molar-refractivity contribution is 0.317. The fourth-order valence-electron chi connectivity index (χ4n) is 2.47. The van der Waals surface area contributed by atoms with Crippen molar-refractivity contribution in [1.82, 2.24) is 4.90 Å². The second-order valence-electron chi connectivity index (χ2n) is 5.79. The first-order chi connectivity index (χ1) is 7.18. The molecule has 1 rings (SSSR count). The molecule has 0 aliphatic carbocycles. The van der Waals surface area contributed by atoms with Crippen LogP contribution in [0.15, 0.2) is 0 Å². The minimum atomic E-state index is 0.893. The van der Waals surface area contributed by atoms with Gasteiger partial charge < -0.3 is 4.90 Å². The van der Waals surface area contributed by atoms with E-state index in [1.807, 2.05) is 0 Å². The summed E-state index contributed by atoms with van der Waals surface area (Å²) in [4.78, 5) is 2.65. The molecule has 1 nitrogen and oxygen atoms in total. The highest BCUT2D eigenvalue weighted by Crippen LogP contribution is 2.16. The van der Waals surface area contributed by atoms with Gasteiger partial charge in [0.2, 0.25) is 0 Å². The molecule has 1 heterocycles. The largest absolute Gasteiger partial charge is 0.303 e. The molecule has 0 aromatic heterocycles. The Morgan fingerprint density at radius 3 is 2.47 bits per heavy atom. The summed E-state index contributed by atoms with van der Waals surface area (Å²) >= 11 is 0. The van der Waals surface area contributed by atoms with Gasteiger partial charge in [0, 0.05) is 6.54 Å². The first-order valence-electron chi connectivity index (χ1n) is 6.91. The van der Waals surface area contributed by atoms with E-state index in [4.69, 9.17) is 0 Å². The number of unbranched alkanes of at least 4 members (excludes halogenated alkanes) is 3. The van der Waals surface area contributed by atoms with Crippen LogP contribution in [0.25, 0.3) is 0 Å². The average molecular weight is 211 g/mol. The second-order valence-corrected chi connectivity index (χ2v) is 5.79. The van der Waals surface area contributed by atoms with Crippen LogP contribution in [0.2, 0.25) is 0 Å². The van der Waals surface area contributed by atoms with Crippen molar-refractivity contribution in [3.63, 3.8) is 0 Å². The molecule has 0 bridgehead atoms. The number of hydrogen-bond acceptors (Lipinski definition) is 1. The van der Waals surface area contributed by atoms with E-state index < -0.39 is 0 Å². The van der Waals surface area contributed by atoms with Gasteiger partial charge in [0.1, 0.15) is 0 Å². The van der Waals surface area contributed by atoms with Crippen LogP contribution in [0, 0.1) is 11.8 Å². The van der Waals surface area contributed by atoms with E-state index in [1.165, 1.54) is 58.2 Å². The lowest BCUT2D eigenvalue weighted by atomic mass is 10.0. The van der Waals surface area contributed by atoms with Crippen LogP contribution in [0.5, 0.6) is 0 Å². The van der Waals surface area contributed by atoms with Crippen molar-refractivity contribution in [2.24, 2.45) is 11.8 Å². The van der Waals surface area contributed by atoms with Crippen molar-refractivity contribution < 1.29 is 0 Å². The topological polar surface area (TPSA) is 3.24 Å². The smallest absolute Gasteiger partial charge is 0.000750 e. The predicted octanol–water partition coefficient (Wildman–Crippen LogP) is 3.93. The number of likely N-dealkylation sites (tertiary alicyclic amines) is 1. The summed E-state index contributed by atoms with van der Waals surface area (Å²) in [6, 6.07) is 0. The molecule has 1 fully saturated rings. The molecule has 1 heteroatoms. The number of hydrogen-bond donors (Lipinski definition) is 0. The van der Waals surface area contributed by atoms with Gasteiger partial charge in [-0.15, -0.1) is 0 Å². The maximum Gasteiger partial charge on any atom is 0.000750 e. The molecule has 1 unspecified atom stereocenters. The van der Waals surface area contributed by atoms with Gasteiger partial charge in [-0.3, -0.25) is 0 Å². The molecule has 1 aliphatic rings. The minimum absolute atomic E-state index is 0.893. The molecule has 0 aromatic carbocycles. The third kappa shape index (κ3) is 6.19. The summed E-state index contributed by atoms with van der Waals surface area (Å²) in [7, 11) is 0. The van der Waals surface area contributed by atoms with Crippen molar-refractivity contribution >= 4 is 0 Å². The van der Waals surface area contributed by atoms with Crippen LogP contribution in [-0.2, 0) is 0 Å². The summed E-state index contributed by atoms with van der Waals surface area (Å²) in [5.74, 6) is 1.84. The quantitative estimate of drug-likeness (QED) is 0.577. The van der Waals surface area contributed by atoms with Crippen molar-refractivity contribution in [1.29, 1.82) is 0 Å². The third-order valence-corrected chi connectivity index (χ3v) is 3.51. The Labute approximate surface area is 96.2 Å². The highest BCUT2D eigenvalue weighted by molar-refractivity contribution is 4.71. The van der Waals surface area contributed by atoms with Gasteiger partial charge in [-0.2, -0.15) is 0 Å². The minimum Gasteiger partial charge on any atom is -0.303 e. The zero-order valence-electron chi connectivity index (χ0n) is 11.0. The van der Waals surface area contributed by atoms with Gasteiger partial charge in [0.25, 0.3) is 0 Å². The lowest BCUT2D eigenvalue weighted by Gasteiger charge is -2.14. The molecular formula is C14H29N. The Balaban J connectivity index is 1.85. The van der Waals surface area contributed by atoms with E-state index in [-0.39, 0.29) is 0 Å². The zero-order valence-corrected chi connectivity index (χ0v) is 11.0. The highest BCUT2D eigenvalue weighted by atomic mass is 15.1. The van der Waals surface area contributed by atoms with Gasteiger partial charge in [-0.05, 0) is 37.8 Å². The normalized spacial score (nSPS) is 22.8. The van der Waals surface area contributed by atoms with Crippen LogP contribution in [0.3, 0.4) is 0 Å². The first kappa shape index (κ1) is 13.0. The monoisotopic (exact) mass is 211 g/mol. The molecule has 1 atom stereocenters. The van der Waals surface area contributed by atoms with E-state index in [0.29, 0.717) is 0 Å². The SMILES string of the molecule is CC(C)CCCCCCN1CCC(C)C1. The van der Waals surface area contributed by atoms with Crippen LogP contribution in [0.1, 0.15) is 59.3 Å². The van der Waals surface area contributed by atoms with E-state index in [2.05, 4.69) is 25.7 Å². The van der Waals surface area contributed by atoms with Gasteiger partial charge in [-0.25, -0.2) is 0 Å². The second kappa shape index (κ2) is 7.27. The number of nitrogens with zero attached hydrogens (tertiary/aromatic N) is 1.